The minimum absolute atomic E-state index is 0.202. The van der Waals surface area contributed by atoms with Crippen molar-refractivity contribution in [1.29, 1.82) is 0 Å². The van der Waals surface area contributed by atoms with Crippen molar-refractivity contribution >= 4 is 15.6 Å². The van der Waals surface area contributed by atoms with E-state index in [1.54, 1.807) is 0 Å². The molecule has 1 aliphatic heterocycles. The van der Waals surface area contributed by atoms with Crippen LogP contribution < -0.4 is 5.32 Å². The molecule has 0 unspecified atom stereocenters. The molecule has 0 radical (unpaired) electrons. The van der Waals surface area contributed by atoms with Crippen molar-refractivity contribution in [3.05, 3.63) is 0 Å². The molecule has 14 heavy (non-hydrogen) atoms. The van der Waals surface area contributed by atoms with Gasteiger partial charge in [-0.1, -0.05) is 13.8 Å². The molecule has 1 N–H and O–H groups in total. The number of carbonyl (C=O) groups excluding carboxylic acids is 1. The number of nitrogens with zero attached hydrogens (tertiary/aromatic N) is 1. The summed E-state index contributed by atoms with van der Waals surface area (Å²) in [4.78, 5) is 11.4. The first-order valence-electron chi connectivity index (χ1n) is 4.98. The highest BCUT2D eigenvalue weighted by atomic mass is 32.2. The first kappa shape index (κ1) is 11.7. The van der Waals surface area contributed by atoms with E-state index in [4.69, 9.17) is 0 Å². The van der Waals surface area contributed by atoms with Gasteiger partial charge in [0.05, 0.1) is 9.73 Å². The summed E-state index contributed by atoms with van der Waals surface area (Å²) in [5, 5.41) is 3.10. The second-order valence-corrected chi connectivity index (χ2v) is 6.56. The zero-order valence-corrected chi connectivity index (χ0v) is 9.60. The molecule has 0 atom stereocenters. The Morgan fingerprint density at radius 2 is 2.00 bits per heavy atom. The summed E-state index contributed by atoms with van der Waals surface area (Å²) in [6.45, 7) is 5.33. The van der Waals surface area contributed by atoms with Crippen LogP contribution in [0, 0.1) is 5.92 Å². The van der Waals surface area contributed by atoms with Gasteiger partial charge in [0.15, 0.2) is 0 Å². The Morgan fingerprint density at radius 3 is 2.50 bits per heavy atom. The van der Waals surface area contributed by atoms with Gasteiger partial charge in [0.1, 0.15) is 0 Å². The van der Waals surface area contributed by atoms with E-state index < -0.39 is 9.73 Å². The van der Waals surface area contributed by atoms with Crippen LogP contribution in [-0.4, -0.2) is 34.7 Å². The van der Waals surface area contributed by atoms with E-state index in [0.717, 1.165) is 0 Å². The van der Waals surface area contributed by atoms with E-state index in [1.807, 2.05) is 13.8 Å². The van der Waals surface area contributed by atoms with Gasteiger partial charge in [-0.25, -0.2) is 4.21 Å². The van der Waals surface area contributed by atoms with Crippen molar-refractivity contribution in [1.82, 2.24) is 5.32 Å². The average Bonchev–Trinajstić information content (AvgIpc) is 2.02. The van der Waals surface area contributed by atoms with E-state index in [0.29, 0.717) is 31.0 Å². The Bertz CT molecular complexity index is 305. The van der Waals surface area contributed by atoms with Crippen molar-refractivity contribution in [2.75, 3.05) is 24.6 Å². The number of hydrogen-bond donors (Lipinski definition) is 1. The van der Waals surface area contributed by atoms with Crippen LogP contribution in [0.2, 0.25) is 0 Å². The predicted octanol–water partition coefficient (Wildman–Crippen LogP) is 0.630. The normalized spacial score (nSPS) is 20.8. The second kappa shape index (κ2) is 4.89. The zero-order chi connectivity index (χ0) is 10.6. The topological polar surface area (TPSA) is 58.5 Å². The van der Waals surface area contributed by atoms with E-state index in [-0.39, 0.29) is 11.8 Å². The molecule has 1 rings (SSSR count). The number of carbonyl (C=O) groups is 1. The molecule has 0 bridgehead atoms. The molecule has 0 aromatic rings. The fourth-order valence-electron chi connectivity index (χ4n) is 1.35. The SMILES string of the molecule is CC(C)CC(=O)N=S1(=O)CCNCC1. The molecule has 1 heterocycles. The fourth-order valence-corrected chi connectivity index (χ4v) is 3.11. The highest BCUT2D eigenvalue weighted by molar-refractivity contribution is 7.94. The smallest absolute Gasteiger partial charge is 0.254 e. The largest absolute Gasteiger partial charge is 0.315 e. The molecule has 82 valence electrons. The minimum Gasteiger partial charge on any atom is -0.315 e. The first-order chi connectivity index (χ1) is 6.52. The van der Waals surface area contributed by atoms with Crippen molar-refractivity contribution in [3.8, 4) is 0 Å². The summed E-state index contributed by atoms with van der Waals surface area (Å²) in [7, 11) is -2.22. The number of rotatable bonds is 2. The molecule has 0 spiro atoms. The first-order valence-corrected chi connectivity index (χ1v) is 6.83. The van der Waals surface area contributed by atoms with Gasteiger partial charge in [0, 0.05) is 31.0 Å². The molecule has 5 heteroatoms. The van der Waals surface area contributed by atoms with Gasteiger partial charge in [-0.3, -0.25) is 4.79 Å². The monoisotopic (exact) mass is 218 g/mol. The zero-order valence-electron chi connectivity index (χ0n) is 8.78. The lowest BCUT2D eigenvalue weighted by Crippen LogP contribution is -2.36. The van der Waals surface area contributed by atoms with Gasteiger partial charge in [-0.2, -0.15) is 4.36 Å². The lowest BCUT2D eigenvalue weighted by molar-refractivity contribution is -0.118. The molecule has 4 nitrogen and oxygen atoms in total. The summed E-state index contributed by atoms with van der Waals surface area (Å²) >= 11 is 0. The van der Waals surface area contributed by atoms with E-state index in [2.05, 4.69) is 9.68 Å². The third-order valence-electron chi connectivity index (χ3n) is 2.05. The third-order valence-corrected chi connectivity index (χ3v) is 4.27. The van der Waals surface area contributed by atoms with Gasteiger partial charge in [0.25, 0.3) is 5.91 Å². The third kappa shape index (κ3) is 3.75. The maximum Gasteiger partial charge on any atom is 0.254 e. The van der Waals surface area contributed by atoms with Crippen LogP contribution in [0.25, 0.3) is 0 Å². The summed E-state index contributed by atoms with van der Waals surface area (Å²) in [6, 6.07) is 0. The highest BCUT2D eigenvalue weighted by Gasteiger charge is 2.16. The Kier molecular flexibility index (Phi) is 4.07. The predicted molar refractivity (Wildman–Crippen MR) is 57.6 cm³/mol. The van der Waals surface area contributed by atoms with E-state index in [1.165, 1.54) is 0 Å². The Hall–Kier alpha value is -0.420. The summed E-state index contributed by atoms with van der Waals surface area (Å²) < 4.78 is 15.8. The molecule has 0 aromatic carbocycles. The van der Waals surface area contributed by atoms with Gasteiger partial charge >= 0.3 is 0 Å². The summed E-state index contributed by atoms with van der Waals surface area (Å²) in [6.07, 6.45) is 0.407. The summed E-state index contributed by atoms with van der Waals surface area (Å²) in [5.74, 6) is 1.11. The Labute approximate surface area is 85.6 Å². The minimum atomic E-state index is -2.22. The maximum absolute atomic E-state index is 12.0. The molecular formula is C9H18N2O2S. The Morgan fingerprint density at radius 1 is 1.43 bits per heavy atom. The molecular weight excluding hydrogens is 200 g/mol. The van der Waals surface area contributed by atoms with Crippen molar-refractivity contribution < 1.29 is 9.00 Å². The lowest BCUT2D eigenvalue weighted by Gasteiger charge is -2.16. The van der Waals surface area contributed by atoms with Crippen LogP contribution in [0.15, 0.2) is 4.36 Å². The average molecular weight is 218 g/mol. The molecule has 1 saturated heterocycles. The van der Waals surface area contributed by atoms with Crippen LogP contribution in [0.4, 0.5) is 0 Å². The Balaban J connectivity index is 2.65. The molecule has 0 aliphatic carbocycles. The lowest BCUT2D eigenvalue weighted by atomic mass is 10.1. The van der Waals surface area contributed by atoms with Crippen LogP contribution in [-0.2, 0) is 14.5 Å². The van der Waals surface area contributed by atoms with Crippen LogP contribution in [0.1, 0.15) is 20.3 Å². The molecule has 1 fully saturated rings. The fraction of sp³-hybridized carbons (Fsp3) is 0.889. The number of hydrogen-bond acceptors (Lipinski definition) is 3. The van der Waals surface area contributed by atoms with Crippen LogP contribution >= 0.6 is 0 Å². The van der Waals surface area contributed by atoms with E-state index in [9.17, 15) is 9.00 Å². The standard InChI is InChI=1S/C9H18N2O2S/c1-8(2)7-9(12)11-14(13)5-3-10-4-6-14/h8,10H,3-7H2,1-2H3. The number of nitrogens with one attached hydrogen (secondary N) is 1. The molecule has 1 amide bonds. The number of amides is 1. The van der Waals surface area contributed by atoms with Gasteiger partial charge in [0.2, 0.25) is 0 Å². The van der Waals surface area contributed by atoms with Crippen molar-refractivity contribution in [2.24, 2.45) is 10.3 Å². The molecule has 0 aromatic heterocycles. The molecule has 0 saturated carbocycles. The maximum atomic E-state index is 12.0. The second-order valence-electron chi connectivity index (χ2n) is 4.01. The van der Waals surface area contributed by atoms with Crippen molar-refractivity contribution in [3.63, 3.8) is 0 Å². The summed E-state index contributed by atoms with van der Waals surface area (Å²) in [5.41, 5.74) is 0. The van der Waals surface area contributed by atoms with Gasteiger partial charge < -0.3 is 5.32 Å². The quantitative estimate of drug-likeness (QED) is 0.739. The van der Waals surface area contributed by atoms with Gasteiger partial charge in [-0.05, 0) is 5.92 Å². The van der Waals surface area contributed by atoms with Crippen molar-refractivity contribution in [2.45, 2.75) is 20.3 Å². The van der Waals surface area contributed by atoms with Gasteiger partial charge in [-0.15, -0.1) is 0 Å². The highest BCUT2D eigenvalue weighted by Crippen LogP contribution is 2.06. The van der Waals surface area contributed by atoms with E-state index >= 15 is 0 Å². The van der Waals surface area contributed by atoms with Crippen LogP contribution in [0.5, 0.6) is 0 Å². The van der Waals surface area contributed by atoms with Crippen LogP contribution in [0.3, 0.4) is 0 Å². The molecule has 1 aliphatic rings.